The summed E-state index contributed by atoms with van der Waals surface area (Å²) in [5.74, 6) is 4.76. The molecule has 1 heterocycles. The minimum atomic E-state index is -0.645. The van der Waals surface area contributed by atoms with Crippen molar-refractivity contribution in [3.05, 3.63) is 59.9 Å². The lowest BCUT2D eigenvalue weighted by Crippen LogP contribution is -2.37. The van der Waals surface area contributed by atoms with Gasteiger partial charge >= 0.3 is 11.8 Å². The quantitative estimate of drug-likeness (QED) is 0.690. The fourth-order valence-corrected chi connectivity index (χ4v) is 2.10. The molecule has 2 amide bonds. The van der Waals surface area contributed by atoms with Gasteiger partial charge < -0.3 is 10.2 Å². The summed E-state index contributed by atoms with van der Waals surface area (Å²) in [5, 5.41) is 2.62. The highest BCUT2D eigenvalue weighted by molar-refractivity contribution is 6.39. The Morgan fingerprint density at radius 3 is 2.72 bits per heavy atom. The molecular weight excluding hydrogens is 314 g/mol. The maximum Gasteiger partial charge on any atom is 0.313 e. The van der Waals surface area contributed by atoms with Gasteiger partial charge in [0, 0.05) is 31.0 Å². The Hall–Kier alpha value is -3.13. The second-order valence-electron chi connectivity index (χ2n) is 5.58. The van der Waals surface area contributed by atoms with E-state index in [0.29, 0.717) is 17.9 Å². The number of likely N-dealkylation sites (N-methyl/N-ethyl adjacent to an activating group) is 1. The fraction of sp³-hybridized carbons (Fsp3) is 0.250. The van der Waals surface area contributed by atoms with Crippen LogP contribution in [0.3, 0.4) is 0 Å². The summed E-state index contributed by atoms with van der Waals surface area (Å²) in [6.45, 7) is 2.61. The molecule has 0 bridgehead atoms. The SMILES string of the molecule is CCCCN(C)C(=O)C(=O)Nc1cccc(C#Cc2ccccn2)c1. The Kier molecular flexibility index (Phi) is 6.73. The molecule has 25 heavy (non-hydrogen) atoms. The van der Waals surface area contributed by atoms with Gasteiger partial charge in [-0.25, -0.2) is 4.98 Å². The average Bonchev–Trinajstić information content (AvgIpc) is 2.65. The van der Waals surface area contributed by atoms with Gasteiger partial charge in [0.2, 0.25) is 0 Å². The third kappa shape index (κ3) is 5.78. The molecule has 0 spiro atoms. The molecule has 2 rings (SSSR count). The molecule has 0 aliphatic heterocycles. The van der Waals surface area contributed by atoms with Crippen LogP contribution in [-0.2, 0) is 9.59 Å². The minimum absolute atomic E-state index is 0.537. The third-order valence-corrected chi connectivity index (χ3v) is 3.51. The summed E-state index contributed by atoms with van der Waals surface area (Å²) in [4.78, 5) is 29.7. The van der Waals surface area contributed by atoms with Crippen molar-refractivity contribution < 1.29 is 9.59 Å². The van der Waals surface area contributed by atoms with Crippen molar-refractivity contribution in [3.63, 3.8) is 0 Å². The molecule has 128 valence electrons. The van der Waals surface area contributed by atoms with E-state index in [2.05, 4.69) is 22.1 Å². The fourth-order valence-electron chi connectivity index (χ4n) is 2.10. The highest BCUT2D eigenvalue weighted by atomic mass is 16.2. The Morgan fingerprint density at radius 2 is 2.00 bits per heavy atom. The minimum Gasteiger partial charge on any atom is -0.338 e. The number of aromatic nitrogens is 1. The highest BCUT2D eigenvalue weighted by Crippen LogP contribution is 2.10. The molecule has 1 aromatic carbocycles. The van der Waals surface area contributed by atoms with Gasteiger partial charge in [-0.05, 0) is 42.7 Å². The average molecular weight is 335 g/mol. The molecule has 2 aromatic rings. The van der Waals surface area contributed by atoms with Crippen LogP contribution in [-0.4, -0.2) is 35.3 Å². The van der Waals surface area contributed by atoms with Crippen molar-refractivity contribution in [1.29, 1.82) is 0 Å². The van der Waals surface area contributed by atoms with E-state index in [-0.39, 0.29) is 0 Å². The molecule has 0 atom stereocenters. The van der Waals surface area contributed by atoms with Crippen LogP contribution in [0.4, 0.5) is 5.69 Å². The van der Waals surface area contributed by atoms with Crippen LogP contribution < -0.4 is 5.32 Å². The number of carbonyl (C=O) groups is 2. The number of nitrogens with one attached hydrogen (secondary N) is 1. The van der Waals surface area contributed by atoms with Crippen LogP contribution >= 0.6 is 0 Å². The maximum atomic E-state index is 12.1. The normalized spacial score (nSPS) is 9.68. The number of anilines is 1. The molecule has 0 aliphatic carbocycles. The molecule has 0 unspecified atom stereocenters. The van der Waals surface area contributed by atoms with Crippen molar-refractivity contribution in [1.82, 2.24) is 9.88 Å². The van der Waals surface area contributed by atoms with Gasteiger partial charge in [0.05, 0.1) is 0 Å². The number of carbonyl (C=O) groups excluding carboxylic acids is 2. The molecule has 5 heteroatoms. The van der Waals surface area contributed by atoms with Crippen molar-refractivity contribution in [2.75, 3.05) is 18.9 Å². The lowest BCUT2D eigenvalue weighted by molar-refractivity contribution is -0.142. The predicted molar refractivity (Wildman–Crippen MR) is 97.8 cm³/mol. The first kappa shape index (κ1) is 18.2. The van der Waals surface area contributed by atoms with Gasteiger partial charge in [-0.15, -0.1) is 0 Å². The second kappa shape index (κ2) is 9.24. The Morgan fingerprint density at radius 1 is 1.16 bits per heavy atom. The van der Waals surface area contributed by atoms with E-state index in [0.717, 1.165) is 18.4 Å². The van der Waals surface area contributed by atoms with Crippen molar-refractivity contribution >= 4 is 17.5 Å². The largest absolute Gasteiger partial charge is 0.338 e. The molecular formula is C20H21N3O2. The van der Waals surface area contributed by atoms with E-state index in [9.17, 15) is 9.59 Å². The first-order valence-corrected chi connectivity index (χ1v) is 8.19. The van der Waals surface area contributed by atoms with E-state index < -0.39 is 11.8 Å². The van der Waals surface area contributed by atoms with Gasteiger partial charge in [0.25, 0.3) is 0 Å². The van der Waals surface area contributed by atoms with Crippen LogP contribution in [0.25, 0.3) is 0 Å². The topological polar surface area (TPSA) is 62.3 Å². The zero-order valence-electron chi connectivity index (χ0n) is 14.5. The predicted octanol–water partition coefficient (Wildman–Crippen LogP) is 2.68. The molecule has 0 saturated heterocycles. The van der Waals surface area contributed by atoms with Crippen LogP contribution in [0.1, 0.15) is 31.0 Å². The Balaban J connectivity index is 2.03. The first-order valence-electron chi connectivity index (χ1n) is 8.19. The van der Waals surface area contributed by atoms with Crippen LogP contribution in [0.15, 0.2) is 48.7 Å². The van der Waals surface area contributed by atoms with E-state index in [1.807, 2.05) is 31.2 Å². The number of nitrogens with zero attached hydrogens (tertiary/aromatic N) is 2. The van der Waals surface area contributed by atoms with Crippen LogP contribution in [0.5, 0.6) is 0 Å². The van der Waals surface area contributed by atoms with Gasteiger partial charge in [-0.1, -0.05) is 31.4 Å². The molecule has 0 saturated carbocycles. The molecule has 0 fully saturated rings. The number of amides is 2. The number of benzene rings is 1. The van der Waals surface area contributed by atoms with Crippen LogP contribution in [0, 0.1) is 11.8 Å². The van der Waals surface area contributed by atoms with Gasteiger partial charge in [-0.3, -0.25) is 9.59 Å². The summed E-state index contributed by atoms with van der Waals surface area (Å²) >= 11 is 0. The summed E-state index contributed by atoms with van der Waals surface area (Å²) in [6.07, 6.45) is 3.52. The van der Waals surface area contributed by atoms with Crippen molar-refractivity contribution in [2.45, 2.75) is 19.8 Å². The van der Waals surface area contributed by atoms with Gasteiger partial charge in [0.15, 0.2) is 0 Å². The number of unbranched alkanes of at least 4 members (excludes halogenated alkanes) is 1. The van der Waals surface area contributed by atoms with Crippen LogP contribution in [0.2, 0.25) is 0 Å². The van der Waals surface area contributed by atoms with E-state index >= 15 is 0 Å². The number of pyridine rings is 1. The molecule has 1 N–H and O–H groups in total. The van der Waals surface area contributed by atoms with Crippen molar-refractivity contribution in [3.8, 4) is 11.8 Å². The van der Waals surface area contributed by atoms with E-state index in [1.54, 1.807) is 31.4 Å². The number of rotatable bonds is 4. The molecule has 1 aromatic heterocycles. The first-order chi connectivity index (χ1) is 12.1. The smallest absolute Gasteiger partial charge is 0.313 e. The summed E-state index contributed by atoms with van der Waals surface area (Å²) < 4.78 is 0. The second-order valence-corrected chi connectivity index (χ2v) is 5.58. The summed E-state index contributed by atoms with van der Waals surface area (Å²) in [6, 6.07) is 12.6. The zero-order valence-corrected chi connectivity index (χ0v) is 14.5. The highest BCUT2D eigenvalue weighted by Gasteiger charge is 2.18. The summed E-state index contributed by atoms with van der Waals surface area (Å²) in [5.41, 5.74) is 1.94. The Labute approximate surface area is 148 Å². The van der Waals surface area contributed by atoms with E-state index in [1.165, 1.54) is 4.90 Å². The summed E-state index contributed by atoms with van der Waals surface area (Å²) in [7, 11) is 1.63. The number of hydrogen-bond donors (Lipinski definition) is 1. The van der Waals surface area contributed by atoms with Gasteiger partial charge in [0.1, 0.15) is 5.69 Å². The van der Waals surface area contributed by atoms with E-state index in [4.69, 9.17) is 0 Å². The molecule has 0 aliphatic rings. The lowest BCUT2D eigenvalue weighted by Gasteiger charge is -2.16. The van der Waals surface area contributed by atoms with Gasteiger partial charge in [-0.2, -0.15) is 0 Å². The standard InChI is InChI=1S/C20H21N3O2/c1-3-4-14-23(2)20(25)19(24)22-18-10-7-8-16(15-18)11-12-17-9-5-6-13-21-17/h5-10,13,15H,3-4,14H2,1-2H3,(H,22,24). The maximum absolute atomic E-state index is 12.1. The number of hydrogen-bond acceptors (Lipinski definition) is 3. The lowest BCUT2D eigenvalue weighted by atomic mass is 10.2. The molecule has 5 nitrogen and oxygen atoms in total. The monoisotopic (exact) mass is 335 g/mol. The zero-order chi connectivity index (χ0) is 18.1. The molecule has 0 radical (unpaired) electrons. The Bertz CT molecular complexity index is 791. The third-order valence-electron chi connectivity index (χ3n) is 3.51. The van der Waals surface area contributed by atoms with Crippen molar-refractivity contribution in [2.24, 2.45) is 0 Å².